The van der Waals surface area contributed by atoms with Crippen LogP contribution in [0.25, 0.3) is 0 Å². The Morgan fingerprint density at radius 1 is 1.19 bits per heavy atom. The number of amides is 3. The van der Waals surface area contributed by atoms with Gasteiger partial charge in [-0.3, -0.25) is 9.69 Å². The van der Waals surface area contributed by atoms with Crippen molar-refractivity contribution >= 4 is 41.1 Å². The number of carbonyl (C=O) groups is 2. The number of hydrogen-bond donors (Lipinski definition) is 2. The van der Waals surface area contributed by atoms with Crippen LogP contribution in [0, 0.1) is 0 Å². The van der Waals surface area contributed by atoms with Crippen molar-refractivity contribution in [1.29, 1.82) is 0 Å². The first kappa shape index (κ1) is 18.3. The Hall–Kier alpha value is -2.03. The highest BCUT2D eigenvalue weighted by molar-refractivity contribution is 6.42. The fourth-order valence-electron chi connectivity index (χ4n) is 3.45. The van der Waals surface area contributed by atoms with Gasteiger partial charge in [0.25, 0.3) is 5.91 Å². The van der Waals surface area contributed by atoms with E-state index in [0.29, 0.717) is 16.0 Å². The molecule has 2 N–H and O–H groups in total. The van der Waals surface area contributed by atoms with E-state index in [0.717, 1.165) is 18.7 Å². The standard InChI is InChI=1S/C17H20Cl2N6O2/c1-23-13-14(22-16(23)21-10-6-20-7-10)24(2)17(27)25(15(13)26)8-9-3-4-11(18)12(19)5-9/h3-5,10,13-14,20H,6-8H2,1-2H3,(H,21,22). The van der Waals surface area contributed by atoms with Crippen molar-refractivity contribution < 1.29 is 9.59 Å². The van der Waals surface area contributed by atoms with Crippen molar-refractivity contribution in [1.82, 2.24) is 25.3 Å². The zero-order valence-corrected chi connectivity index (χ0v) is 16.5. The van der Waals surface area contributed by atoms with Crippen LogP contribution in [-0.4, -0.2) is 78.0 Å². The van der Waals surface area contributed by atoms with Gasteiger partial charge in [-0.05, 0) is 17.7 Å². The largest absolute Gasteiger partial charge is 0.351 e. The molecule has 27 heavy (non-hydrogen) atoms. The molecule has 2 unspecified atom stereocenters. The zero-order chi connectivity index (χ0) is 19.3. The summed E-state index contributed by atoms with van der Waals surface area (Å²) in [5.41, 5.74) is 0.735. The van der Waals surface area contributed by atoms with Crippen LogP contribution in [0.1, 0.15) is 5.56 Å². The minimum atomic E-state index is -0.550. The fourth-order valence-corrected chi connectivity index (χ4v) is 3.77. The van der Waals surface area contributed by atoms with E-state index in [9.17, 15) is 9.59 Å². The second-order valence-corrected chi connectivity index (χ2v) is 7.80. The quantitative estimate of drug-likeness (QED) is 0.774. The van der Waals surface area contributed by atoms with Crippen LogP contribution >= 0.6 is 23.2 Å². The molecule has 3 amide bonds. The number of nitrogens with one attached hydrogen (secondary N) is 2. The molecule has 10 heteroatoms. The molecular formula is C17H20Cl2N6O2. The number of aliphatic imine (C=N–C) groups is 1. The average Bonchev–Trinajstić information content (AvgIpc) is 2.93. The molecule has 0 bridgehead atoms. The molecule has 3 aliphatic rings. The van der Waals surface area contributed by atoms with Crippen LogP contribution in [0.4, 0.5) is 4.79 Å². The van der Waals surface area contributed by atoms with E-state index < -0.39 is 12.2 Å². The number of urea groups is 1. The van der Waals surface area contributed by atoms with Gasteiger partial charge in [-0.15, -0.1) is 0 Å². The van der Waals surface area contributed by atoms with Crippen molar-refractivity contribution in [2.75, 3.05) is 27.2 Å². The second kappa shape index (κ2) is 6.85. The lowest BCUT2D eigenvalue weighted by Crippen LogP contribution is -2.65. The van der Waals surface area contributed by atoms with E-state index in [1.807, 2.05) is 11.9 Å². The molecule has 0 aromatic heterocycles. The lowest BCUT2D eigenvalue weighted by Gasteiger charge is -2.40. The summed E-state index contributed by atoms with van der Waals surface area (Å²) in [4.78, 5) is 35.0. The molecule has 3 aliphatic heterocycles. The normalized spacial score (nSPS) is 25.5. The van der Waals surface area contributed by atoms with Crippen LogP contribution in [0.5, 0.6) is 0 Å². The Bertz CT molecular complexity index is 828. The predicted molar refractivity (Wildman–Crippen MR) is 103 cm³/mol. The van der Waals surface area contributed by atoms with E-state index >= 15 is 0 Å². The number of carbonyl (C=O) groups excluding carboxylic acids is 2. The molecule has 2 fully saturated rings. The summed E-state index contributed by atoms with van der Waals surface area (Å²) in [5.74, 6) is 0.366. The number of imide groups is 1. The number of hydrogen-bond acceptors (Lipinski definition) is 6. The molecule has 3 heterocycles. The van der Waals surface area contributed by atoms with Crippen LogP contribution in [0.15, 0.2) is 23.2 Å². The van der Waals surface area contributed by atoms with E-state index in [4.69, 9.17) is 23.2 Å². The molecule has 0 saturated carbocycles. The third kappa shape index (κ3) is 3.11. The first-order chi connectivity index (χ1) is 12.9. The molecule has 1 aromatic rings. The van der Waals surface area contributed by atoms with Crippen LogP contribution in [-0.2, 0) is 11.3 Å². The highest BCUT2D eigenvalue weighted by Gasteiger charge is 2.51. The topological polar surface area (TPSA) is 80.3 Å². The molecule has 2 saturated heterocycles. The highest BCUT2D eigenvalue weighted by atomic mass is 35.5. The van der Waals surface area contributed by atoms with Crippen molar-refractivity contribution in [2.45, 2.75) is 24.8 Å². The van der Waals surface area contributed by atoms with Gasteiger partial charge in [-0.1, -0.05) is 29.3 Å². The molecule has 0 aliphatic carbocycles. The Labute approximate surface area is 167 Å². The molecule has 1 aromatic carbocycles. The molecule has 0 spiro atoms. The highest BCUT2D eigenvalue weighted by Crippen LogP contribution is 2.29. The summed E-state index contributed by atoms with van der Waals surface area (Å²) in [6.07, 6.45) is -0.532. The number of likely N-dealkylation sites (N-methyl/N-ethyl adjacent to an activating group) is 2. The van der Waals surface area contributed by atoms with Gasteiger partial charge in [0.2, 0.25) is 0 Å². The smallest absolute Gasteiger partial charge is 0.328 e. The maximum absolute atomic E-state index is 13.1. The van der Waals surface area contributed by atoms with Crippen LogP contribution < -0.4 is 10.6 Å². The van der Waals surface area contributed by atoms with E-state index in [2.05, 4.69) is 15.6 Å². The summed E-state index contributed by atoms with van der Waals surface area (Å²) in [6, 6.07) is 4.44. The van der Waals surface area contributed by atoms with Crippen LogP contribution in [0.3, 0.4) is 0 Å². The molecule has 8 nitrogen and oxygen atoms in total. The third-order valence-corrected chi connectivity index (χ3v) is 5.92. The van der Waals surface area contributed by atoms with E-state index in [1.165, 1.54) is 9.80 Å². The van der Waals surface area contributed by atoms with Gasteiger partial charge < -0.3 is 20.4 Å². The van der Waals surface area contributed by atoms with Crippen molar-refractivity contribution in [3.05, 3.63) is 33.8 Å². The first-order valence-corrected chi connectivity index (χ1v) is 9.42. The minimum Gasteiger partial charge on any atom is -0.351 e. The summed E-state index contributed by atoms with van der Waals surface area (Å²) in [7, 11) is 3.49. The van der Waals surface area contributed by atoms with Gasteiger partial charge in [-0.2, -0.15) is 0 Å². The number of guanidine groups is 1. The maximum atomic E-state index is 13.1. The van der Waals surface area contributed by atoms with Gasteiger partial charge in [0, 0.05) is 27.2 Å². The summed E-state index contributed by atoms with van der Waals surface area (Å²) in [6.45, 7) is 1.84. The Morgan fingerprint density at radius 2 is 1.93 bits per heavy atom. The van der Waals surface area contributed by atoms with Gasteiger partial charge in [-0.25, -0.2) is 9.79 Å². The zero-order valence-electron chi connectivity index (χ0n) is 14.9. The number of halogens is 2. The summed E-state index contributed by atoms with van der Waals surface area (Å²) < 4.78 is 0. The van der Waals surface area contributed by atoms with E-state index in [-0.39, 0.29) is 24.5 Å². The van der Waals surface area contributed by atoms with Crippen LogP contribution in [0.2, 0.25) is 10.0 Å². The Kier molecular flexibility index (Phi) is 4.65. The van der Waals surface area contributed by atoms with E-state index in [1.54, 1.807) is 25.2 Å². The van der Waals surface area contributed by atoms with Crippen molar-refractivity contribution in [2.24, 2.45) is 4.99 Å². The predicted octanol–water partition coefficient (Wildman–Crippen LogP) is 0.945. The van der Waals surface area contributed by atoms with Gasteiger partial charge in [0.15, 0.2) is 18.2 Å². The SMILES string of the molecule is CN1C(=O)N(Cc2ccc(Cl)c(Cl)c2)C(=O)C2C1N=C(NC1CNC1)N2C. The van der Waals surface area contributed by atoms with Gasteiger partial charge in [0.1, 0.15) is 0 Å². The summed E-state index contributed by atoms with van der Waals surface area (Å²) >= 11 is 12.0. The number of benzene rings is 1. The second-order valence-electron chi connectivity index (χ2n) is 6.99. The van der Waals surface area contributed by atoms with Crippen molar-refractivity contribution in [3.8, 4) is 0 Å². The lowest BCUT2D eigenvalue weighted by molar-refractivity contribution is -0.137. The minimum absolute atomic E-state index is 0.130. The molecular weight excluding hydrogens is 391 g/mol. The Balaban J connectivity index is 1.55. The Morgan fingerprint density at radius 3 is 2.56 bits per heavy atom. The number of nitrogens with zero attached hydrogens (tertiary/aromatic N) is 4. The molecule has 2 atom stereocenters. The molecule has 0 radical (unpaired) electrons. The first-order valence-electron chi connectivity index (χ1n) is 8.67. The number of fused-ring (bicyclic) bond motifs is 1. The van der Waals surface area contributed by atoms with Crippen molar-refractivity contribution in [3.63, 3.8) is 0 Å². The van der Waals surface area contributed by atoms with Gasteiger partial charge in [0.05, 0.1) is 22.6 Å². The summed E-state index contributed by atoms with van der Waals surface area (Å²) in [5, 5.41) is 7.33. The molecule has 144 valence electrons. The average molecular weight is 411 g/mol. The van der Waals surface area contributed by atoms with Gasteiger partial charge >= 0.3 is 6.03 Å². The lowest BCUT2D eigenvalue weighted by atomic mass is 10.1. The maximum Gasteiger partial charge on any atom is 0.328 e. The monoisotopic (exact) mass is 410 g/mol. The molecule has 4 rings (SSSR count). The number of rotatable bonds is 3. The fraction of sp³-hybridized carbons (Fsp3) is 0.471. The third-order valence-electron chi connectivity index (χ3n) is 5.18.